The standard InChI is InChI=1S/C11H6O4S/c12-7-9(11(13)14)15-8-5-3-1-2-4-6(5)16-10(7)8/h1-4,12H,(H,13,14). The number of furan rings is 1. The highest BCUT2D eigenvalue weighted by atomic mass is 32.1. The number of thiophene rings is 1. The van der Waals surface area contributed by atoms with E-state index in [0.717, 1.165) is 10.1 Å². The summed E-state index contributed by atoms with van der Waals surface area (Å²) >= 11 is 1.32. The number of aromatic hydroxyl groups is 1. The molecule has 0 fully saturated rings. The summed E-state index contributed by atoms with van der Waals surface area (Å²) in [6, 6.07) is 7.46. The number of hydrogen-bond acceptors (Lipinski definition) is 4. The summed E-state index contributed by atoms with van der Waals surface area (Å²) in [6.45, 7) is 0. The summed E-state index contributed by atoms with van der Waals surface area (Å²) in [6.07, 6.45) is 0. The molecule has 5 heteroatoms. The van der Waals surface area contributed by atoms with Crippen molar-refractivity contribution in [1.82, 2.24) is 0 Å². The van der Waals surface area contributed by atoms with Crippen LogP contribution in [0.5, 0.6) is 5.75 Å². The molecule has 2 N–H and O–H groups in total. The summed E-state index contributed by atoms with van der Waals surface area (Å²) in [4.78, 5) is 10.8. The molecule has 0 radical (unpaired) electrons. The van der Waals surface area contributed by atoms with Crippen LogP contribution in [0.4, 0.5) is 0 Å². The molecule has 16 heavy (non-hydrogen) atoms. The number of rotatable bonds is 1. The summed E-state index contributed by atoms with van der Waals surface area (Å²) in [5, 5.41) is 19.3. The lowest BCUT2D eigenvalue weighted by molar-refractivity contribution is 0.0661. The highest BCUT2D eigenvalue weighted by molar-refractivity contribution is 7.26. The minimum Gasteiger partial charge on any atom is -0.503 e. The van der Waals surface area contributed by atoms with Gasteiger partial charge in [-0.25, -0.2) is 4.79 Å². The first-order valence-corrected chi connectivity index (χ1v) is 5.36. The van der Waals surface area contributed by atoms with Gasteiger partial charge in [0, 0.05) is 10.1 Å². The molecule has 1 aromatic carbocycles. The SMILES string of the molecule is O=C(O)c1oc2c(sc3ccccc32)c1O. The highest BCUT2D eigenvalue weighted by Gasteiger charge is 2.22. The molecule has 2 aromatic heterocycles. The van der Waals surface area contributed by atoms with E-state index in [-0.39, 0.29) is 5.75 Å². The second kappa shape index (κ2) is 2.99. The van der Waals surface area contributed by atoms with Crippen LogP contribution in [0, 0.1) is 0 Å². The Kier molecular flexibility index (Phi) is 1.73. The van der Waals surface area contributed by atoms with Crippen LogP contribution >= 0.6 is 11.3 Å². The molecular formula is C11H6O4S. The van der Waals surface area contributed by atoms with Gasteiger partial charge in [-0.2, -0.15) is 0 Å². The third-order valence-electron chi connectivity index (χ3n) is 2.38. The molecule has 0 saturated heterocycles. The fraction of sp³-hybridized carbons (Fsp3) is 0. The maximum atomic E-state index is 10.8. The molecule has 0 saturated carbocycles. The van der Waals surface area contributed by atoms with Crippen LogP contribution in [0.15, 0.2) is 28.7 Å². The van der Waals surface area contributed by atoms with Gasteiger partial charge in [-0.05, 0) is 12.1 Å². The Hall–Kier alpha value is -2.01. The minimum atomic E-state index is -1.26. The Balaban J connectivity index is 2.48. The van der Waals surface area contributed by atoms with E-state index in [0.29, 0.717) is 10.3 Å². The predicted molar refractivity (Wildman–Crippen MR) is 60.2 cm³/mol. The van der Waals surface area contributed by atoms with Gasteiger partial charge in [0.2, 0.25) is 0 Å². The maximum Gasteiger partial charge on any atom is 0.375 e. The van der Waals surface area contributed by atoms with E-state index in [1.54, 1.807) is 0 Å². The van der Waals surface area contributed by atoms with Crippen LogP contribution < -0.4 is 0 Å². The number of hydrogen-bond donors (Lipinski definition) is 2. The first-order chi connectivity index (χ1) is 7.68. The molecule has 0 aliphatic heterocycles. The van der Waals surface area contributed by atoms with Crippen molar-refractivity contribution in [3.63, 3.8) is 0 Å². The van der Waals surface area contributed by atoms with Crippen molar-refractivity contribution >= 4 is 37.7 Å². The average Bonchev–Trinajstić information content (AvgIpc) is 2.76. The van der Waals surface area contributed by atoms with Crippen molar-refractivity contribution in [2.75, 3.05) is 0 Å². The molecule has 0 spiro atoms. The van der Waals surface area contributed by atoms with Crippen molar-refractivity contribution in [1.29, 1.82) is 0 Å². The van der Waals surface area contributed by atoms with E-state index in [4.69, 9.17) is 9.52 Å². The normalized spacial score (nSPS) is 11.2. The van der Waals surface area contributed by atoms with Crippen molar-refractivity contribution in [2.45, 2.75) is 0 Å². The molecular weight excluding hydrogens is 228 g/mol. The molecule has 0 aliphatic carbocycles. The zero-order valence-electron chi connectivity index (χ0n) is 7.93. The van der Waals surface area contributed by atoms with Crippen molar-refractivity contribution in [2.24, 2.45) is 0 Å². The van der Waals surface area contributed by atoms with Crippen molar-refractivity contribution in [3.05, 3.63) is 30.0 Å². The van der Waals surface area contributed by atoms with E-state index in [1.807, 2.05) is 24.3 Å². The van der Waals surface area contributed by atoms with Gasteiger partial charge in [0.25, 0.3) is 5.76 Å². The smallest absolute Gasteiger partial charge is 0.375 e. The van der Waals surface area contributed by atoms with Crippen LogP contribution in [-0.4, -0.2) is 16.2 Å². The van der Waals surface area contributed by atoms with Gasteiger partial charge in [0.05, 0.1) is 0 Å². The lowest BCUT2D eigenvalue weighted by atomic mass is 10.2. The molecule has 3 aromatic rings. The van der Waals surface area contributed by atoms with E-state index in [1.165, 1.54) is 11.3 Å². The number of carbonyl (C=O) groups is 1. The monoisotopic (exact) mass is 234 g/mol. The molecule has 0 bridgehead atoms. The first-order valence-electron chi connectivity index (χ1n) is 4.55. The van der Waals surface area contributed by atoms with Gasteiger partial charge < -0.3 is 14.6 Å². The molecule has 2 heterocycles. The van der Waals surface area contributed by atoms with Gasteiger partial charge in [-0.3, -0.25) is 0 Å². The summed E-state index contributed by atoms with van der Waals surface area (Å²) < 4.78 is 6.62. The third-order valence-corrected chi connectivity index (χ3v) is 3.54. The topological polar surface area (TPSA) is 70.7 Å². The molecule has 0 amide bonds. The van der Waals surface area contributed by atoms with Crippen LogP contribution in [0.3, 0.4) is 0 Å². The van der Waals surface area contributed by atoms with Crippen LogP contribution in [0.1, 0.15) is 10.6 Å². The van der Waals surface area contributed by atoms with Crippen LogP contribution in [0.2, 0.25) is 0 Å². The van der Waals surface area contributed by atoms with E-state index in [2.05, 4.69) is 0 Å². The van der Waals surface area contributed by atoms with Gasteiger partial charge in [-0.15, -0.1) is 11.3 Å². The average molecular weight is 234 g/mol. The Labute approximate surface area is 93.3 Å². The number of benzene rings is 1. The lowest BCUT2D eigenvalue weighted by Gasteiger charge is -1.89. The number of carboxylic acid groups (broad SMARTS) is 1. The molecule has 80 valence electrons. The fourth-order valence-electron chi connectivity index (χ4n) is 1.68. The fourth-order valence-corrected chi connectivity index (χ4v) is 2.75. The maximum absolute atomic E-state index is 10.8. The zero-order chi connectivity index (χ0) is 11.3. The molecule has 0 unspecified atom stereocenters. The lowest BCUT2D eigenvalue weighted by Crippen LogP contribution is -1.92. The van der Waals surface area contributed by atoms with E-state index < -0.39 is 11.7 Å². The first kappa shape index (κ1) is 9.23. The Morgan fingerprint density at radius 1 is 1.31 bits per heavy atom. The molecule has 0 atom stereocenters. The largest absolute Gasteiger partial charge is 0.503 e. The van der Waals surface area contributed by atoms with Crippen molar-refractivity contribution < 1.29 is 19.4 Å². The quantitative estimate of drug-likeness (QED) is 0.678. The predicted octanol–water partition coefficient (Wildman–Crippen LogP) is 3.05. The Bertz CT molecular complexity index is 707. The van der Waals surface area contributed by atoms with Gasteiger partial charge in [0.15, 0.2) is 11.3 Å². The summed E-state index contributed by atoms with van der Waals surface area (Å²) in [5.74, 6) is -1.94. The highest BCUT2D eigenvalue weighted by Crippen LogP contribution is 2.42. The Morgan fingerprint density at radius 2 is 2.06 bits per heavy atom. The van der Waals surface area contributed by atoms with E-state index >= 15 is 0 Å². The summed E-state index contributed by atoms with van der Waals surface area (Å²) in [5.41, 5.74) is 0.440. The Morgan fingerprint density at radius 3 is 2.81 bits per heavy atom. The summed E-state index contributed by atoms with van der Waals surface area (Å²) in [7, 11) is 0. The van der Waals surface area contributed by atoms with Gasteiger partial charge >= 0.3 is 5.97 Å². The van der Waals surface area contributed by atoms with E-state index in [9.17, 15) is 9.90 Å². The third kappa shape index (κ3) is 1.06. The van der Waals surface area contributed by atoms with Crippen LogP contribution in [0.25, 0.3) is 20.4 Å². The van der Waals surface area contributed by atoms with Gasteiger partial charge in [-0.1, -0.05) is 12.1 Å². The number of fused-ring (bicyclic) bond motifs is 3. The second-order valence-electron chi connectivity index (χ2n) is 3.34. The number of aromatic carboxylic acids is 1. The van der Waals surface area contributed by atoms with Crippen LogP contribution in [-0.2, 0) is 0 Å². The van der Waals surface area contributed by atoms with Gasteiger partial charge in [0.1, 0.15) is 4.70 Å². The minimum absolute atomic E-state index is 0.288. The van der Waals surface area contributed by atoms with Crippen molar-refractivity contribution in [3.8, 4) is 5.75 Å². The zero-order valence-corrected chi connectivity index (χ0v) is 8.75. The molecule has 0 aliphatic rings. The molecule has 3 rings (SSSR count). The molecule has 4 nitrogen and oxygen atoms in total. The number of carboxylic acids is 1. The second-order valence-corrected chi connectivity index (χ2v) is 4.39.